The number of benzene rings is 1. The van der Waals surface area contributed by atoms with Crippen molar-refractivity contribution in [2.75, 3.05) is 25.5 Å². The number of hydrogen-bond donors (Lipinski definition) is 2. The number of likely N-dealkylation sites (tertiary alicyclic amines) is 1. The molecule has 1 atom stereocenters. The van der Waals surface area contributed by atoms with Crippen LogP contribution in [0.25, 0.3) is 0 Å². The molecule has 0 bridgehead atoms. The molecule has 0 aliphatic carbocycles. The van der Waals surface area contributed by atoms with Crippen molar-refractivity contribution >= 4 is 17.8 Å². The van der Waals surface area contributed by atoms with Gasteiger partial charge in [0.25, 0.3) is 5.91 Å². The van der Waals surface area contributed by atoms with Crippen molar-refractivity contribution in [2.24, 2.45) is 0 Å². The van der Waals surface area contributed by atoms with Gasteiger partial charge in [0.1, 0.15) is 0 Å². The highest BCUT2D eigenvalue weighted by atomic mass is 16.4. The fraction of sp³-hybridized carbons (Fsp3) is 0.333. The third-order valence-corrected chi connectivity index (χ3v) is 4.46. The Hall–Kier alpha value is -2.96. The fourth-order valence-corrected chi connectivity index (χ4v) is 3.08. The molecule has 2 aromatic rings. The number of amides is 1. The van der Waals surface area contributed by atoms with E-state index in [1.807, 2.05) is 17.0 Å². The molecule has 130 valence electrons. The highest BCUT2D eigenvalue weighted by Gasteiger charge is 2.26. The summed E-state index contributed by atoms with van der Waals surface area (Å²) in [6.07, 6.45) is 4.96. The average molecular weight is 340 g/mol. The lowest BCUT2D eigenvalue weighted by molar-refractivity contribution is 0.0693. The van der Waals surface area contributed by atoms with Crippen molar-refractivity contribution in [1.29, 1.82) is 0 Å². The van der Waals surface area contributed by atoms with E-state index in [-0.39, 0.29) is 17.4 Å². The maximum Gasteiger partial charge on any atom is 0.335 e. The van der Waals surface area contributed by atoms with Crippen LogP contribution in [0.2, 0.25) is 0 Å². The summed E-state index contributed by atoms with van der Waals surface area (Å²) in [6.45, 7) is 1.31. The number of aromatic nitrogens is 2. The molecule has 0 unspecified atom stereocenters. The number of hydrogen-bond acceptors (Lipinski definition) is 5. The molecule has 7 heteroatoms. The molecule has 0 spiro atoms. The molecular formula is C18H20N4O3. The number of carbonyl (C=O) groups excluding carboxylic acids is 1. The van der Waals surface area contributed by atoms with Gasteiger partial charge in [-0.15, -0.1) is 0 Å². The van der Waals surface area contributed by atoms with Crippen LogP contribution in [0.3, 0.4) is 0 Å². The summed E-state index contributed by atoms with van der Waals surface area (Å²) in [5, 5.41) is 11.8. The maximum absolute atomic E-state index is 12.7. The Kier molecular flexibility index (Phi) is 4.92. The second-order valence-electron chi connectivity index (χ2n) is 6.06. The van der Waals surface area contributed by atoms with Crippen molar-refractivity contribution in [3.05, 3.63) is 53.3 Å². The molecule has 25 heavy (non-hydrogen) atoms. The second kappa shape index (κ2) is 7.29. The molecule has 1 fully saturated rings. The lowest BCUT2D eigenvalue weighted by Gasteiger charge is -2.33. The smallest absolute Gasteiger partial charge is 0.335 e. The van der Waals surface area contributed by atoms with Crippen molar-refractivity contribution in [3.8, 4) is 0 Å². The summed E-state index contributed by atoms with van der Waals surface area (Å²) in [7, 11) is 1.72. The number of carboxylic acids is 1. The predicted molar refractivity (Wildman–Crippen MR) is 92.9 cm³/mol. The minimum atomic E-state index is -0.933. The molecule has 1 aromatic heterocycles. The zero-order valence-corrected chi connectivity index (χ0v) is 14.0. The van der Waals surface area contributed by atoms with Crippen LogP contribution < -0.4 is 5.32 Å². The molecule has 2 N–H and O–H groups in total. The first kappa shape index (κ1) is 16.9. The largest absolute Gasteiger partial charge is 0.478 e. The number of rotatable bonds is 4. The highest BCUT2D eigenvalue weighted by molar-refractivity contribution is 5.93. The first-order valence-corrected chi connectivity index (χ1v) is 8.21. The highest BCUT2D eigenvalue weighted by Crippen LogP contribution is 2.28. The Balaban J connectivity index is 1.71. The van der Waals surface area contributed by atoms with Crippen LogP contribution >= 0.6 is 0 Å². The number of piperidine rings is 1. The molecule has 1 aromatic carbocycles. The topological polar surface area (TPSA) is 95.4 Å². The number of carboxylic acid groups (broad SMARTS) is 1. The van der Waals surface area contributed by atoms with E-state index < -0.39 is 5.97 Å². The number of nitrogens with zero attached hydrogens (tertiary/aromatic N) is 3. The first-order valence-electron chi connectivity index (χ1n) is 8.21. The molecule has 1 amide bonds. The Morgan fingerprint density at radius 3 is 2.44 bits per heavy atom. The summed E-state index contributed by atoms with van der Waals surface area (Å²) < 4.78 is 0. The second-order valence-corrected chi connectivity index (χ2v) is 6.06. The van der Waals surface area contributed by atoms with Crippen LogP contribution in [0.15, 0.2) is 36.7 Å². The molecule has 1 aliphatic heterocycles. The van der Waals surface area contributed by atoms with E-state index in [2.05, 4.69) is 15.3 Å². The number of anilines is 1. The lowest BCUT2D eigenvalue weighted by atomic mass is 9.90. The molecule has 0 saturated carbocycles. The van der Waals surface area contributed by atoms with Gasteiger partial charge in [-0.1, -0.05) is 12.1 Å². The summed E-state index contributed by atoms with van der Waals surface area (Å²) in [5.74, 6) is -0.323. The Labute approximate surface area is 145 Å². The first-order chi connectivity index (χ1) is 12.1. The summed E-state index contributed by atoms with van der Waals surface area (Å²) in [4.78, 5) is 33.6. The average Bonchev–Trinajstić information content (AvgIpc) is 2.67. The van der Waals surface area contributed by atoms with Crippen LogP contribution in [0, 0.1) is 0 Å². The Morgan fingerprint density at radius 2 is 1.84 bits per heavy atom. The normalized spacial score (nSPS) is 17.2. The minimum Gasteiger partial charge on any atom is -0.478 e. The van der Waals surface area contributed by atoms with Gasteiger partial charge in [-0.25, -0.2) is 14.8 Å². The summed E-state index contributed by atoms with van der Waals surface area (Å²) >= 11 is 0. The lowest BCUT2D eigenvalue weighted by Crippen LogP contribution is -2.39. The zero-order chi connectivity index (χ0) is 17.8. The number of carbonyl (C=O) groups is 2. The van der Waals surface area contributed by atoms with Gasteiger partial charge >= 0.3 is 5.97 Å². The van der Waals surface area contributed by atoms with E-state index in [1.165, 1.54) is 12.4 Å². The molecule has 1 saturated heterocycles. The van der Waals surface area contributed by atoms with Gasteiger partial charge in [0, 0.05) is 38.4 Å². The van der Waals surface area contributed by atoms with Crippen LogP contribution in [0.5, 0.6) is 0 Å². The van der Waals surface area contributed by atoms with Crippen LogP contribution in [0.1, 0.15) is 45.0 Å². The number of nitrogens with one attached hydrogen (secondary N) is 1. The number of aromatic carboxylic acids is 1. The Morgan fingerprint density at radius 1 is 1.16 bits per heavy atom. The van der Waals surface area contributed by atoms with Crippen molar-refractivity contribution in [1.82, 2.24) is 14.9 Å². The van der Waals surface area contributed by atoms with Gasteiger partial charge in [0.05, 0.1) is 11.1 Å². The standard InChI is InChI=1S/C18H20N4O3/c1-19-18-20-9-15(10-21-18)16(23)22-8-2-3-14(11-22)12-4-6-13(7-5-12)17(24)25/h4-7,9-10,14H,2-3,8,11H2,1H3,(H,24,25)(H,19,20,21)/t14-/m0/s1. The van der Waals surface area contributed by atoms with E-state index in [4.69, 9.17) is 5.11 Å². The van der Waals surface area contributed by atoms with Crippen LogP contribution in [-0.2, 0) is 0 Å². The van der Waals surface area contributed by atoms with Gasteiger partial charge in [-0.2, -0.15) is 0 Å². The molecular weight excluding hydrogens is 320 g/mol. The summed E-state index contributed by atoms with van der Waals surface area (Å²) in [5.41, 5.74) is 1.81. The summed E-state index contributed by atoms with van der Waals surface area (Å²) in [6, 6.07) is 6.91. The molecule has 3 rings (SSSR count). The van der Waals surface area contributed by atoms with E-state index in [0.29, 0.717) is 24.6 Å². The van der Waals surface area contributed by atoms with Crippen LogP contribution in [-0.4, -0.2) is 52.0 Å². The quantitative estimate of drug-likeness (QED) is 0.886. The van der Waals surface area contributed by atoms with Crippen LogP contribution in [0.4, 0.5) is 5.95 Å². The minimum absolute atomic E-state index is 0.0745. The third-order valence-electron chi connectivity index (χ3n) is 4.46. The Bertz CT molecular complexity index is 759. The molecule has 0 radical (unpaired) electrons. The molecule has 7 nitrogen and oxygen atoms in total. The van der Waals surface area contributed by atoms with Gasteiger partial charge < -0.3 is 15.3 Å². The van der Waals surface area contributed by atoms with Crippen molar-refractivity contribution in [3.63, 3.8) is 0 Å². The van der Waals surface area contributed by atoms with Crippen molar-refractivity contribution < 1.29 is 14.7 Å². The molecule has 2 heterocycles. The van der Waals surface area contributed by atoms with E-state index in [9.17, 15) is 9.59 Å². The SMILES string of the molecule is CNc1ncc(C(=O)N2CCC[C@H](c3ccc(C(=O)O)cc3)C2)cn1. The zero-order valence-electron chi connectivity index (χ0n) is 14.0. The van der Waals surface area contributed by atoms with Gasteiger partial charge in [0.15, 0.2) is 0 Å². The van der Waals surface area contributed by atoms with Crippen molar-refractivity contribution in [2.45, 2.75) is 18.8 Å². The predicted octanol–water partition coefficient (Wildman–Crippen LogP) is 2.24. The third kappa shape index (κ3) is 3.76. The van der Waals surface area contributed by atoms with E-state index >= 15 is 0 Å². The maximum atomic E-state index is 12.7. The fourth-order valence-electron chi connectivity index (χ4n) is 3.08. The van der Waals surface area contributed by atoms with E-state index in [0.717, 1.165) is 18.4 Å². The van der Waals surface area contributed by atoms with Gasteiger partial charge in [0.2, 0.25) is 5.95 Å². The van der Waals surface area contributed by atoms with Gasteiger partial charge in [-0.05, 0) is 30.5 Å². The monoisotopic (exact) mass is 340 g/mol. The van der Waals surface area contributed by atoms with E-state index in [1.54, 1.807) is 19.2 Å². The van der Waals surface area contributed by atoms with Gasteiger partial charge in [-0.3, -0.25) is 4.79 Å². The molecule has 1 aliphatic rings.